The molecular weight excluding hydrogens is 352 g/mol. The van der Waals surface area contributed by atoms with Crippen molar-refractivity contribution in [3.8, 4) is 0 Å². The molecule has 1 fully saturated rings. The number of aliphatic hydroxyl groups is 1. The van der Waals surface area contributed by atoms with E-state index >= 15 is 0 Å². The van der Waals surface area contributed by atoms with Crippen molar-refractivity contribution in [3.63, 3.8) is 0 Å². The summed E-state index contributed by atoms with van der Waals surface area (Å²) in [5, 5.41) is 17.0. The molecule has 1 aromatic rings. The molecule has 0 aliphatic carbocycles. The molecule has 0 spiro atoms. The minimum absolute atomic E-state index is 0.283. The van der Waals surface area contributed by atoms with Gasteiger partial charge < -0.3 is 25.4 Å². The van der Waals surface area contributed by atoms with E-state index in [9.17, 15) is 5.11 Å². The lowest BCUT2D eigenvalue weighted by Gasteiger charge is -2.34. The Morgan fingerprint density at radius 2 is 1.96 bits per heavy atom. The maximum absolute atomic E-state index is 10.2. The molecule has 0 saturated carbocycles. The molecule has 3 N–H and O–H groups in total. The molecule has 6 heteroatoms. The fourth-order valence-corrected chi connectivity index (χ4v) is 3.43. The number of guanidine groups is 1. The number of hydrogen-bond acceptors (Lipinski definition) is 4. The van der Waals surface area contributed by atoms with Crippen LogP contribution < -0.4 is 10.6 Å². The molecule has 0 aromatic heterocycles. The molecule has 2 rings (SSSR count). The van der Waals surface area contributed by atoms with Crippen LogP contribution in [0.3, 0.4) is 0 Å². The Balaban J connectivity index is 1.70. The molecule has 158 valence electrons. The molecule has 1 aliphatic rings. The minimum Gasteiger partial charge on any atom is -0.389 e. The molecule has 1 aromatic carbocycles. The van der Waals surface area contributed by atoms with E-state index in [0.29, 0.717) is 25.1 Å². The summed E-state index contributed by atoms with van der Waals surface area (Å²) in [6, 6.07) is 10.4. The highest BCUT2D eigenvalue weighted by molar-refractivity contribution is 5.80. The predicted octanol–water partition coefficient (Wildman–Crippen LogP) is 2.24. The van der Waals surface area contributed by atoms with E-state index in [-0.39, 0.29) is 6.61 Å². The number of likely N-dealkylation sites (tertiary alicyclic amines) is 1. The zero-order chi connectivity index (χ0) is 20.2. The Bertz CT molecular complexity index is 557. The van der Waals surface area contributed by atoms with Crippen LogP contribution in [0.4, 0.5) is 0 Å². The zero-order valence-electron chi connectivity index (χ0n) is 17.7. The standard InChI is InChI=1S/C22H38N4O2/c1-4-23-22(25-20-10-12-26(13-11-20)15-18(2)3)24-14-21(27)17-28-16-19-8-6-5-7-9-19/h5-9,18,20-21,27H,4,10-17H2,1-3H3,(H2,23,24,25). The van der Waals surface area contributed by atoms with Gasteiger partial charge >= 0.3 is 0 Å². The second kappa shape index (κ2) is 12.8. The number of piperidine rings is 1. The van der Waals surface area contributed by atoms with Crippen LogP contribution in [0.1, 0.15) is 39.2 Å². The molecule has 1 aliphatic heterocycles. The van der Waals surface area contributed by atoms with Crippen LogP contribution in [-0.2, 0) is 11.3 Å². The molecule has 1 heterocycles. The molecule has 6 nitrogen and oxygen atoms in total. The lowest BCUT2D eigenvalue weighted by molar-refractivity contribution is 0.0331. The van der Waals surface area contributed by atoms with Crippen LogP contribution in [0.25, 0.3) is 0 Å². The molecule has 0 amide bonds. The van der Waals surface area contributed by atoms with Gasteiger partial charge in [-0.25, -0.2) is 0 Å². The van der Waals surface area contributed by atoms with E-state index in [1.165, 1.54) is 6.54 Å². The van der Waals surface area contributed by atoms with Crippen LogP contribution in [0.15, 0.2) is 35.3 Å². The molecule has 0 radical (unpaired) electrons. The van der Waals surface area contributed by atoms with Gasteiger partial charge in [0, 0.05) is 32.2 Å². The van der Waals surface area contributed by atoms with E-state index in [0.717, 1.165) is 44.0 Å². The monoisotopic (exact) mass is 390 g/mol. The number of hydrogen-bond donors (Lipinski definition) is 3. The van der Waals surface area contributed by atoms with Gasteiger partial charge in [-0.3, -0.25) is 4.99 Å². The van der Waals surface area contributed by atoms with Crippen LogP contribution >= 0.6 is 0 Å². The first-order chi connectivity index (χ1) is 13.6. The van der Waals surface area contributed by atoms with Gasteiger partial charge in [-0.15, -0.1) is 0 Å². The average Bonchev–Trinajstić information content (AvgIpc) is 2.68. The van der Waals surface area contributed by atoms with Crippen LogP contribution in [0, 0.1) is 5.92 Å². The van der Waals surface area contributed by atoms with Crippen molar-refractivity contribution in [1.29, 1.82) is 0 Å². The first-order valence-electron chi connectivity index (χ1n) is 10.6. The number of nitrogens with one attached hydrogen (secondary N) is 2. The highest BCUT2D eigenvalue weighted by atomic mass is 16.5. The number of aliphatic hydroxyl groups excluding tert-OH is 1. The SMILES string of the molecule is CCNC(=NCC(O)COCc1ccccc1)NC1CCN(CC(C)C)CC1. The Kier molecular flexibility index (Phi) is 10.3. The van der Waals surface area contributed by atoms with Crippen molar-refractivity contribution in [2.75, 3.05) is 39.3 Å². The maximum atomic E-state index is 10.2. The summed E-state index contributed by atoms with van der Waals surface area (Å²) in [7, 11) is 0. The van der Waals surface area contributed by atoms with Gasteiger partial charge in [0.25, 0.3) is 0 Å². The van der Waals surface area contributed by atoms with Gasteiger partial charge in [-0.05, 0) is 31.2 Å². The van der Waals surface area contributed by atoms with Crippen LogP contribution in [-0.4, -0.2) is 67.4 Å². The average molecular weight is 391 g/mol. The summed E-state index contributed by atoms with van der Waals surface area (Å²) in [5.74, 6) is 1.50. The quantitative estimate of drug-likeness (QED) is 0.422. The van der Waals surface area contributed by atoms with Crippen LogP contribution in [0.5, 0.6) is 0 Å². The van der Waals surface area contributed by atoms with E-state index in [4.69, 9.17) is 4.74 Å². The van der Waals surface area contributed by atoms with Crippen molar-refractivity contribution >= 4 is 5.96 Å². The first kappa shape index (κ1) is 22.7. The third-order valence-electron chi connectivity index (χ3n) is 4.78. The zero-order valence-corrected chi connectivity index (χ0v) is 17.7. The molecular formula is C22H38N4O2. The summed E-state index contributed by atoms with van der Waals surface area (Å²) in [6.07, 6.45) is 1.65. The van der Waals surface area contributed by atoms with Gasteiger partial charge in [0.15, 0.2) is 5.96 Å². The van der Waals surface area contributed by atoms with Crippen molar-refractivity contribution < 1.29 is 9.84 Å². The van der Waals surface area contributed by atoms with Gasteiger partial charge in [-0.1, -0.05) is 44.2 Å². The summed E-state index contributed by atoms with van der Waals surface area (Å²) < 4.78 is 5.60. The lowest BCUT2D eigenvalue weighted by atomic mass is 10.0. The molecule has 1 unspecified atom stereocenters. The fourth-order valence-electron chi connectivity index (χ4n) is 3.43. The third-order valence-corrected chi connectivity index (χ3v) is 4.78. The number of ether oxygens (including phenoxy) is 1. The molecule has 0 bridgehead atoms. The van der Waals surface area contributed by atoms with Gasteiger partial charge in [0.2, 0.25) is 0 Å². The van der Waals surface area contributed by atoms with Gasteiger partial charge in [-0.2, -0.15) is 0 Å². The largest absolute Gasteiger partial charge is 0.389 e. The normalized spacial score (nSPS) is 17.7. The lowest BCUT2D eigenvalue weighted by Crippen LogP contribution is -2.49. The number of rotatable bonds is 10. The Hall–Kier alpha value is -1.63. The molecule has 1 saturated heterocycles. The summed E-state index contributed by atoms with van der Waals surface area (Å²) >= 11 is 0. The molecule has 28 heavy (non-hydrogen) atoms. The highest BCUT2D eigenvalue weighted by Crippen LogP contribution is 2.12. The van der Waals surface area contributed by atoms with Crippen molar-refractivity contribution in [2.24, 2.45) is 10.9 Å². The minimum atomic E-state index is -0.605. The fraction of sp³-hybridized carbons (Fsp3) is 0.682. The summed E-state index contributed by atoms with van der Waals surface area (Å²) in [5.41, 5.74) is 1.11. The smallest absolute Gasteiger partial charge is 0.191 e. The van der Waals surface area contributed by atoms with Crippen molar-refractivity contribution in [1.82, 2.24) is 15.5 Å². The predicted molar refractivity (Wildman–Crippen MR) is 116 cm³/mol. The Morgan fingerprint density at radius 1 is 1.25 bits per heavy atom. The number of benzene rings is 1. The third kappa shape index (κ3) is 9.04. The van der Waals surface area contributed by atoms with Gasteiger partial charge in [0.05, 0.1) is 25.9 Å². The van der Waals surface area contributed by atoms with E-state index in [2.05, 4.69) is 41.3 Å². The Labute approximate surface area is 170 Å². The van der Waals surface area contributed by atoms with Crippen LogP contribution in [0.2, 0.25) is 0 Å². The second-order valence-corrected chi connectivity index (χ2v) is 7.99. The maximum Gasteiger partial charge on any atom is 0.191 e. The summed E-state index contributed by atoms with van der Waals surface area (Å²) in [6.45, 7) is 12.0. The van der Waals surface area contributed by atoms with E-state index in [1.807, 2.05) is 30.3 Å². The molecule has 1 atom stereocenters. The number of aliphatic imine (C=N–C) groups is 1. The van der Waals surface area contributed by atoms with E-state index < -0.39 is 6.10 Å². The number of nitrogens with zero attached hydrogens (tertiary/aromatic N) is 2. The first-order valence-corrected chi connectivity index (χ1v) is 10.6. The Morgan fingerprint density at radius 3 is 2.61 bits per heavy atom. The van der Waals surface area contributed by atoms with Crippen molar-refractivity contribution in [2.45, 2.75) is 52.4 Å². The second-order valence-electron chi connectivity index (χ2n) is 7.99. The highest BCUT2D eigenvalue weighted by Gasteiger charge is 2.20. The summed E-state index contributed by atoms with van der Waals surface area (Å²) in [4.78, 5) is 7.09. The van der Waals surface area contributed by atoms with Gasteiger partial charge in [0.1, 0.15) is 0 Å². The van der Waals surface area contributed by atoms with Crippen molar-refractivity contribution in [3.05, 3.63) is 35.9 Å². The topological polar surface area (TPSA) is 69.1 Å². The van der Waals surface area contributed by atoms with E-state index in [1.54, 1.807) is 0 Å².